The van der Waals surface area contributed by atoms with Gasteiger partial charge in [-0.25, -0.2) is 0 Å². The highest BCUT2D eigenvalue weighted by Crippen LogP contribution is 2.26. The van der Waals surface area contributed by atoms with Gasteiger partial charge in [0.25, 0.3) is 5.91 Å². The fraction of sp³-hybridized carbons (Fsp3) is 0.476. The number of nitrogens with zero attached hydrogens (tertiary/aromatic N) is 2. The minimum atomic E-state index is -1.04. The number of likely N-dealkylation sites (tertiary alicyclic amines) is 1. The molecule has 3 aliphatic heterocycles. The Kier molecular flexibility index (Phi) is 5.29. The molecule has 0 bridgehead atoms. The minimum absolute atomic E-state index is 0.114. The van der Waals surface area contributed by atoms with E-state index in [1.807, 2.05) is 30.3 Å². The van der Waals surface area contributed by atoms with Gasteiger partial charge in [-0.15, -0.1) is 0 Å². The van der Waals surface area contributed by atoms with Crippen LogP contribution in [-0.4, -0.2) is 72.4 Å². The van der Waals surface area contributed by atoms with Crippen molar-refractivity contribution < 1.29 is 19.4 Å². The number of amides is 1. The lowest BCUT2D eigenvalue weighted by Crippen LogP contribution is -2.53. The number of carbonyl (C=O) groups is 1. The summed E-state index contributed by atoms with van der Waals surface area (Å²) in [6, 6.07) is 7.61. The topological polar surface area (TPSA) is 62.2 Å². The number of hydrogen-bond donors (Lipinski definition) is 1. The van der Waals surface area contributed by atoms with Crippen LogP contribution >= 0.6 is 0 Å². The summed E-state index contributed by atoms with van der Waals surface area (Å²) >= 11 is 0. The molecule has 2 fully saturated rings. The summed E-state index contributed by atoms with van der Waals surface area (Å²) in [5, 5.41) is 11.1. The average molecular weight is 370 g/mol. The van der Waals surface area contributed by atoms with E-state index in [0.717, 1.165) is 37.2 Å². The summed E-state index contributed by atoms with van der Waals surface area (Å²) in [6.07, 6.45) is 7.40. The Balaban J connectivity index is 1.52. The van der Waals surface area contributed by atoms with Crippen molar-refractivity contribution in [3.05, 3.63) is 47.7 Å². The number of fused-ring (bicyclic) bond motifs is 1. The maximum Gasteiger partial charge on any atom is 0.254 e. The van der Waals surface area contributed by atoms with Crippen LogP contribution in [0.5, 0.6) is 5.75 Å². The Bertz CT molecular complexity index is 754. The molecule has 144 valence electrons. The first-order valence-corrected chi connectivity index (χ1v) is 9.59. The minimum Gasteiger partial charge on any atom is -0.464 e. The SMILES string of the molecule is O=C(C1=Cc2ccccc2OC=C1)N1CCOC[C@@](O)(CN2CCCC2)C1. The monoisotopic (exact) mass is 370 g/mol. The number of benzene rings is 1. The molecule has 1 aromatic carbocycles. The van der Waals surface area contributed by atoms with Gasteiger partial charge in [-0.1, -0.05) is 18.2 Å². The van der Waals surface area contributed by atoms with Crippen molar-refractivity contribution in [2.45, 2.75) is 18.4 Å². The van der Waals surface area contributed by atoms with Gasteiger partial charge in [0.15, 0.2) is 0 Å². The molecule has 1 amide bonds. The highest BCUT2D eigenvalue weighted by molar-refractivity contribution is 6.01. The van der Waals surface area contributed by atoms with E-state index in [4.69, 9.17) is 9.47 Å². The first-order chi connectivity index (χ1) is 13.1. The predicted molar refractivity (Wildman–Crippen MR) is 102 cm³/mol. The molecule has 0 saturated carbocycles. The van der Waals surface area contributed by atoms with Gasteiger partial charge in [-0.2, -0.15) is 0 Å². The summed E-state index contributed by atoms with van der Waals surface area (Å²) in [7, 11) is 0. The third-order valence-corrected chi connectivity index (χ3v) is 5.28. The first kappa shape index (κ1) is 18.2. The molecular weight excluding hydrogens is 344 g/mol. The van der Waals surface area contributed by atoms with Gasteiger partial charge in [0.05, 0.1) is 26.0 Å². The molecule has 27 heavy (non-hydrogen) atoms. The molecule has 3 aliphatic rings. The zero-order valence-electron chi connectivity index (χ0n) is 15.5. The summed E-state index contributed by atoms with van der Waals surface area (Å²) in [6.45, 7) is 3.96. The predicted octanol–water partition coefficient (Wildman–Crippen LogP) is 1.66. The molecule has 1 aromatic rings. The number of β-amino-alcohol motifs (C(OH)–C–C–N with tert-alkyl or cyclic N) is 1. The Morgan fingerprint density at radius 3 is 2.85 bits per heavy atom. The molecule has 0 unspecified atom stereocenters. The maximum absolute atomic E-state index is 13.2. The second kappa shape index (κ2) is 7.84. The molecule has 6 heteroatoms. The van der Waals surface area contributed by atoms with Crippen molar-refractivity contribution in [2.75, 3.05) is 45.9 Å². The molecule has 0 spiro atoms. The average Bonchev–Trinajstić information content (AvgIpc) is 2.96. The standard InChI is InChI=1S/C21H26N2O4/c24-20(18-7-11-27-19-6-2-1-5-17(19)13-18)23-10-12-26-16-21(25,15-23)14-22-8-3-4-9-22/h1-2,5-7,11,13,25H,3-4,8-10,12,14-16H2/t21-/m1/s1. The Morgan fingerprint density at radius 2 is 2.00 bits per heavy atom. The van der Waals surface area contributed by atoms with Crippen LogP contribution in [0.3, 0.4) is 0 Å². The molecule has 1 atom stereocenters. The van der Waals surface area contributed by atoms with Gasteiger partial charge in [-0.3, -0.25) is 4.79 Å². The lowest BCUT2D eigenvalue weighted by molar-refractivity contribution is -0.130. The fourth-order valence-corrected chi connectivity index (χ4v) is 3.96. The Labute approximate surface area is 159 Å². The third kappa shape index (κ3) is 4.24. The van der Waals surface area contributed by atoms with E-state index >= 15 is 0 Å². The van der Waals surface area contributed by atoms with Crippen LogP contribution in [0.1, 0.15) is 18.4 Å². The summed E-state index contributed by atoms with van der Waals surface area (Å²) in [5.74, 6) is 0.609. The van der Waals surface area contributed by atoms with Crippen LogP contribution < -0.4 is 4.74 Å². The van der Waals surface area contributed by atoms with Gasteiger partial charge >= 0.3 is 0 Å². The smallest absolute Gasteiger partial charge is 0.254 e. The number of ether oxygens (including phenoxy) is 2. The second-order valence-electron chi connectivity index (χ2n) is 7.54. The van der Waals surface area contributed by atoms with Crippen LogP contribution in [0.25, 0.3) is 6.08 Å². The normalized spacial score (nSPS) is 26.0. The van der Waals surface area contributed by atoms with Crippen molar-refractivity contribution in [3.8, 4) is 5.75 Å². The van der Waals surface area contributed by atoms with E-state index in [1.54, 1.807) is 17.2 Å². The molecule has 1 N–H and O–H groups in total. The van der Waals surface area contributed by atoms with E-state index in [9.17, 15) is 9.90 Å². The van der Waals surface area contributed by atoms with Crippen LogP contribution in [-0.2, 0) is 9.53 Å². The van der Waals surface area contributed by atoms with E-state index in [2.05, 4.69) is 4.90 Å². The summed E-state index contributed by atoms with van der Waals surface area (Å²) in [5.41, 5.74) is 0.370. The van der Waals surface area contributed by atoms with Crippen molar-refractivity contribution >= 4 is 12.0 Å². The lowest BCUT2D eigenvalue weighted by atomic mass is 10.0. The molecule has 2 saturated heterocycles. The molecule has 6 nitrogen and oxygen atoms in total. The number of aliphatic hydroxyl groups is 1. The van der Waals surface area contributed by atoms with Gasteiger partial charge in [0.1, 0.15) is 11.4 Å². The van der Waals surface area contributed by atoms with Crippen LogP contribution in [0.15, 0.2) is 42.2 Å². The number of hydrogen-bond acceptors (Lipinski definition) is 5. The number of rotatable bonds is 3. The Hall–Kier alpha value is -2.15. The van der Waals surface area contributed by atoms with Gasteiger partial charge < -0.3 is 24.4 Å². The van der Waals surface area contributed by atoms with E-state index in [0.29, 0.717) is 25.3 Å². The van der Waals surface area contributed by atoms with Crippen molar-refractivity contribution in [1.82, 2.24) is 9.80 Å². The van der Waals surface area contributed by atoms with Crippen molar-refractivity contribution in [1.29, 1.82) is 0 Å². The maximum atomic E-state index is 13.2. The fourth-order valence-electron chi connectivity index (χ4n) is 3.96. The van der Waals surface area contributed by atoms with Crippen LogP contribution in [0, 0.1) is 0 Å². The van der Waals surface area contributed by atoms with Crippen molar-refractivity contribution in [3.63, 3.8) is 0 Å². The van der Waals surface area contributed by atoms with Crippen molar-refractivity contribution in [2.24, 2.45) is 0 Å². The number of carbonyl (C=O) groups excluding carboxylic acids is 1. The van der Waals surface area contributed by atoms with Gasteiger partial charge in [0, 0.05) is 24.2 Å². The van der Waals surface area contributed by atoms with E-state index in [1.165, 1.54) is 0 Å². The Morgan fingerprint density at radius 1 is 1.19 bits per heavy atom. The van der Waals surface area contributed by atoms with Gasteiger partial charge in [0.2, 0.25) is 0 Å². The largest absolute Gasteiger partial charge is 0.464 e. The summed E-state index contributed by atoms with van der Waals surface area (Å²) in [4.78, 5) is 17.1. The number of para-hydroxylation sites is 1. The zero-order chi connectivity index (χ0) is 18.7. The second-order valence-corrected chi connectivity index (χ2v) is 7.54. The molecule has 0 radical (unpaired) electrons. The highest BCUT2D eigenvalue weighted by atomic mass is 16.5. The molecule has 4 rings (SSSR count). The molecular formula is C21H26N2O4. The zero-order valence-corrected chi connectivity index (χ0v) is 15.5. The van der Waals surface area contributed by atoms with E-state index < -0.39 is 5.60 Å². The van der Waals surface area contributed by atoms with Crippen LogP contribution in [0.4, 0.5) is 0 Å². The van der Waals surface area contributed by atoms with E-state index in [-0.39, 0.29) is 19.1 Å². The third-order valence-electron chi connectivity index (χ3n) is 5.28. The van der Waals surface area contributed by atoms with Crippen LogP contribution in [0.2, 0.25) is 0 Å². The summed E-state index contributed by atoms with van der Waals surface area (Å²) < 4.78 is 11.2. The molecule has 0 aromatic heterocycles. The van der Waals surface area contributed by atoms with Gasteiger partial charge in [-0.05, 0) is 44.1 Å². The quantitative estimate of drug-likeness (QED) is 0.877. The lowest BCUT2D eigenvalue weighted by Gasteiger charge is -2.34. The highest BCUT2D eigenvalue weighted by Gasteiger charge is 2.37. The first-order valence-electron chi connectivity index (χ1n) is 9.59. The molecule has 3 heterocycles. The molecule has 0 aliphatic carbocycles.